The summed E-state index contributed by atoms with van der Waals surface area (Å²) in [4.78, 5) is 12.2. The smallest absolute Gasteiger partial charge is 0.227 e. The van der Waals surface area contributed by atoms with E-state index in [0.717, 1.165) is 17.7 Å². The first-order valence-electron chi connectivity index (χ1n) is 6.25. The fraction of sp³-hybridized carbons (Fsp3) is 0.143. The standard InChI is InChI=1S/C14H13N5O/c15-11-4-2-1-3-10(11)5-6-13-18-14(19-20-13)12-7-8-16-9-17-12/h1-4,7-9H,5-6,15H2. The van der Waals surface area contributed by atoms with Crippen molar-refractivity contribution >= 4 is 5.69 Å². The first kappa shape index (κ1) is 12.3. The van der Waals surface area contributed by atoms with E-state index < -0.39 is 0 Å². The highest BCUT2D eigenvalue weighted by molar-refractivity contribution is 5.47. The summed E-state index contributed by atoms with van der Waals surface area (Å²) in [6, 6.07) is 9.50. The number of nitrogens with zero attached hydrogens (tertiary/aromatic N) is 4. The summed E-state index contributed by atoms with van der Waals surface area (Å²) in [7, 11) is 0. The van der Waals surface area contributed by atoms with Gasteiger partial charge in [-0.2, -0.15) is 4.98 Å². The minimum atomic E-state index is 0.475. The molecule has 0 aliphatic carbocycles. The van der Waals surface area contributed by atoms with E-state index in [-0.39, 0.29) is 0 Å². The topological polar surface area (TPSA) is 90.7 Å². The van der Waals surface area contributed by atoms with Crippen molar-refractivity contribution in [3.05, 3.63) is 54.3 Å². The molecule has 0 atom stereocenters. The summed E-state index contributed by atoms with van der Waals surface area (Å²) >= 11 is 0. The molecule has 0 fully saturated rings. The van der Waals surface area contributed by atoms with Crippen molar-refractivity contribution in [2.45, 2.75) is 12.8 Å². The van der Waals surface area contributed by atoms with Gasteiger partial charge in [-0.05, 0) is 24.1 Å². The molecule has 6 heteroatoms. The minimum absolute atomic E-state index is 0.475. The Kier molecular flexibility index (Phi) is 3.36. The third kappa shape index (κ3) is 2.64. The monoisotopic (exact) mass is 267 g/mol. The molecule has 2 aromatic heterocycles. The van der Waals surface area contributed by atoms with E-state index >= 15 is 0 Å². The Bertz CT molecular complexity index is 696. The molecule has 0 aliphatic rings. The normalized spacial score (nSPS) is 10.6. The summed E-state index contributed by atoms with van der Waals surface area (Å²) in [5.74, 6) is 1.05. The zero-order chi connectivity index (χ0) is 13.8. The minimum Gasteiger partial charge on any atom is -0.399 e. The summed E-state index contributed by atoms with van der Waals surface area (Å²) in [6.45, 7) is 0. The molecule has 0 saturated carbocycles. The fourth-order valence-corrected chi connectivity index (χ4v) is 1.89. The van der Waals surface area contributed by atoms with Crippen molar-refractivity contribution in [3.63, 3.8) is 0 Å². The number of aromatic nitrogens is 4. The van der Waals surface area contributed by atoms with Crippen molar-refractivity contribution < 1.29 is 4.52 Å². The van der Waals surface area contributed by atoms with E-state index in [1.807, 2.05) is 24.3 Å². The van der Waals surface area contributed by atoms with E-state index in [2.05, 4.69) is 20.1 Å². The zero-order valence-corrected chi connectivity index (χ0v) is 10.7. The first-order valence-corrected chi connectivity index (χ1v) is 6.25. The van der Waals surface area contributed by atoms with Crippen LogP contribution < -0.4 is 5.73 Å². The molecular formula is C14H13N5O. The first-order chi connectivity index (χ1) is 9.83. The molecule has 0 unspecified atom stereocenters. The Morgan fingerprint density at radius 1 is 1.10 bits per heavy atom. The van der Waals surface area contributed by atoms with E-state index in [9.17, 15) is 0 Å². The van der Waals surface area contributed by atoms with Gasteiger partial charge < -0.3 is 10.3 Å². The predicted octanol–water partition coefficient (Wildman–Crippen LogP) is 1.89. The number of nitrogen functional groups attached to an aromatic ring is 1. The maximum absolute atomic E-state index is 5.90. The van der Waals surface area contributed by atoms with Gasteiger partial charge in [0, 0.05) is 18.3 Å². The predicted molar refractivity (Wildman–Crippen MR) is 73.6 cm³/mol. The van der Waals surface area contributed by atoms with Gasteiger partial charge in [-0.15, -0.1) is 0 Å². The number of rotatable bonds is 4. The molecule has 6 nitrogen and oxygen atoms in total. The van der Waals surface area contributed by atoms with Crippen LogP contribution >= 0.6 is 0 Å². The molecule has 100 valence electrons. The van der Waals surface area contributed by atoms with Crippen LogP contribution in [0, 0.1) is 0 Å². The van der Waals surface area contributed by atoms with Crippen LogP contribution in [0.25, 0.3) is 11.5 Å². The second kappa shape index (κ2) is 5.48. The van der Waals surface area contributed by atoms with Crippen molar-refractivity contribution in [3.8, 4) is 11.5 Å². The van der Waals surface area contributed by atoms with Crippen LogP contribution in [-0.4, -0.2) is 20.1 Å². The Morgan fingerprint density at radius 3 is 2.80 bits per heavy atom. The molecule has 0 spiro atoms. The Hall–Kier alpha value is -2.76. The molecule has 0 radical (unpaired) electrons. The number of nitrogens with two attached hydrogens (primary N) is 1. The third-order valence-corrected chi connectivity index (χ3v) is 2.94. The van der Waals surface area contributed by atoms with Crippen LogP contribution in [0.3, 0.4) is 0 Å². The summed E-state index contributed by atoms with van der Waals surface area (Å²) < 4.78 is 5.22. The fourth-order valence-electron chi connectivity index (χ4n) is 1.89. The Labute approximate surface area is 115 Å². The van der Waals surface area contributed by atoms with Gasteiger partial charge in [-0.25, -0.2) is 9.97 Å². The number of aryl methyl sites for hydroxylation is 2. The van der Waals surface area contributed by atoms with Crippen molar-refractivity contribution in [2.75, 3.05) is 5.73 Å². The molecule has 3 aromatic rings. The number of benzene rings is 1. The van der Waals surface area contributed by atoms with Gasteiger partial charge >= 0.3 is 0 Å². The number of para-hydroxylation sites is 1. The van der Waals surface area contributed by atoms with Crippen LogP contribution in [0.5, 0.6) is 0 Å². The number of anilines is 1. The summed E-state index contributed by atoms with van der Waals surface area (Å²) in [6.07, 6.45) is 4.50. The average molecular weight is 267 g/mol. The molecule has 0 aliphatic heterocycles. The molecule has 2 heterocycles. The van der Waals surface area contributed by atoms with Crippen LogP contribution in [0.15, 0.2) is 47.4 Å². The van der Waals surface area contributed by atoms with Gasteiger partial charge in [0.2, 0.25) is 11.7 Å². The van der Waals surface area contributed by atoms with Gasteiger partial charge in [0.05, 0.1) is 0 Å². The molecule has 1 aromatic carbocycles. The summed E-state index contributed by atoms with van der Waals surface area (Å²) in [5, 5.41) is 3.91. The van der Waals surface area contributed by atoms with Gasteiger partial charge in [-0.1, -0.05) is 23.4 Å². The van der Waals surface area contributed by atoms with Gasteiger partial charge in [0.15, 0.2) is 0 Å². The lowest BCUT2D eigenvalue weighted by atomic mass is 10.1. The largest absolute Gasteiger partial charge is 0.399 e. The van der Waals surface area contributed by atoms with E-state index in [1.165, 1.54) is 6.33 Å². The highest BCUT2D eigenvalue weighted by atomic mass is 16.5. The zero-order valence-electron chi connectivity index (χ0n) is 10.7. The molecule has 0 saturated heterocycles. The molecule has 3 rings (SSSR count). The van der Waals surface area contributed by atoms with Crippen molar-refractivity contribution in [1.29, 1.82) is 0 Å². The molecular weight excluding hydrogens is 254 g/mol. The van der Waals surface area contributed by atoms with E-state index in [4.69, 9.17) is 10.3 Å². The molecule has 0 bridgehead atoms. The van der Waals surface area contributed by atoms with E-state index in [0.29, 0.717) is 23.8 Å². The lowest BCUT2D eigenvalue weighted by molar-refractivity contribution is 0.379. The van der Waals surface area contributed by atoms with Crippen LogP contribution in [0.4, 0.5) is 5.69 Å². The second-order valence-corrected chi connectivity index (χ2v) is 4.31. The number of hydrogen-bond acceptors (Lipinski definition) is 6. The quantitative estimate of drug-likeness (QED) is 0.726. The van der Waals surface area contributed by atoms with Crippen LogP contribution in [0.1, 0.15) is 11.5 Å². The van der Waals surface area contributed by atoms with Gasteiger partial charge in [0.1, 0.15) is 12.0 Å². The lowest BCUT2D eigenvalue weighted by Crippen LogP contribution is -1.97. The molecule has 20 heavy (non-hydrogen) atoms. The van der Waals surface area contributed by atoms with Crippen LogP contribution in [0.2, 0.25) is 0 Å². The number of hydrogen-bond donors (Lipinski definition) is 1. The maximum Gasteiger partial charge on any atom is 0.227 e. The lowest BCUT2D eigenvalue weighted by Gasteiger charge is -2.02. The maximum atomic E-state index is 5.90. The van der Waals surface area contributed by atoms with Gasteiger partial charge in [-0.3, -0.25) is 0 Å². The van der Waals surface area contributed by atoms with Gasteiger partial charge in [0.25, 0.3) is 0 Å². The highest BCUT2D eigenvalue weighted by Gasteiger charge is 2.10. The molecule has 2 N–H and O–H groups in total. The van der Waals surface area contributed by atoms with E-state index in [1.54, 1.807) is 12.3 Å². The van der Waals surface area contributed by atoms with Crippen LogP contribution in [-0.2, 0) is 12.8 Å². The third-order valence-electron chi connectivity index (χ3n) is 2.94. The van der Waals surface area contributed by atoms with Crippen molar-refractivity contribution in [1.82, 2.24) is 20.1 Å². The Morgan fingerprint density at radius 2 is 2.00 bits per heavy atom. The Balaban J connectivity index is 1.71. The summed E-state index contributed by atoms with van der Waals surface area (Å²) in [5.41, 5.74) is 8.40. The average Bonchev–Trinajstić information content (AvgIpc) is 2.96. The molecule has 0 amide bonds. The SMILES string of the molecule is Nc1ccccc1CCc1nc(-c2ccncn2)no1. The second-order valence-electron chi connectivity index (χ2n) is 4.31. The highest BCUT2D eigenvalue weighted by Crippen LogP contribution is 2.15. The van der Waals surface area contributed by atoms with Crippen molar-refractivity contribution in [2.24, 2.45) is 0 Å².